The fourth-order valence-electron chi connectivity index (χ4n) is 3.28. The zero-order valence-electron chi connectivity index (χ0n) is 12.8. The van der Waals surface area contributed by atoms with Gasteiger partial charge in [-0.1, -0.05) is 20.8 Å². The van der Waals surface area contributed by atoms with Crippen LogP contribution in [0.5, 0.6) is 0 Å². The fraction of sp³-hybridized carbons (Fsp3) is 0.812. The van der Waals surface area contributed by atoms with E-state index in [1.807, 2.05) is 0 Å². The Hall–Kier alpha value is -0.410. The van der Waals surface area contributed by atoms with E-state index in [0.717, 1.165) is 18.0 Å². The Morgan fingerprint density at radius 2 is 1.95 bits per heavy atom. The number of aromatic nitrogens is 1. The molecule has 1 saturated carbocycles. The maximum atomic E-state index is 6.41. The number of nitrogens with zero attached hydrogens (tertiary/aromatic N) is 1. The molecule has 0 bridgehead atoms. The third-order valence-corrected chi connectivity index (χ3v) is 5.67. The minimum absolute atomic E-state index is 0.298. The quantitative estimate of drug-likeness (QED) is 0.902. The lowest BCUT2D eigenvalue weighted by Gasteiger charge is -2.38. The highest BCUT2D eigenvalue weighted by Crippen LogP contribution is 2.40. The van der Waals surface area contributed by atoms with Gasteiger partial charge in [-0.2, -0.15) is 0 Å². The first-order chi connectivity index (χ1) is 8.86. The molecule has 1 atom stereocenters. The summed E-state index contributed by atoms with van der Waals surface area (Å²) in [6.07, 6.45) is 6.25. The monoisotopic (exact) mass is 280 g/mol. The predicted octanol–water partition coefficient (Wildman–Crippen LogP) is 4.17. The van der Waals surface area contributed by atoms with Crippen molar-refractivity contribution in [2.75, 3.05) is 0 Å². The number of rotatable bonds is 3. The van der Waals surface area contributed by atoms with Crippen LogP contribution >= 0.6 is 11.3 Å². The van der Waals surface area contributed by atoms with Gasteiger partial charge in [0.25, 0.3) is 0 Å². The first kappa shape index (κ1) is 15.0. The van der Waals surface area contributed by atoms with Gasteiger partial charge in [-0.3, -0.25) is 0 Å². The van der Waals surface area contributed by atoms with Crippen LogP contribution in [-0.4, -0.2) is 11.0 Å². The second-order valence-electron chi connectivity index (χ2n) is 7.23. The van der Waals surface area contributed by atoms with E-state index in [4.69, 9.17) is 5.73 Å². The molecule has 1 aliphatic carbocycles. The van der Waals surface area contributed by atoms with Gasteiger partial charge in [-0.25, -0.2) is 4.98 Å². The maximum absolute atomic E-state index is 6.41. The molecule has 0 radical (unpaired) electrons. The molecule has 0 aromatic carbocycles. The normalized spacial score (nSPS) is 26.4. The minimum Gasteiger partial charge on any atom is -0.327 e. The number of thiazole rings is 1. The van der Waals surface area contributed by atoms with E-state index in [9.17, 15) is 0 Å². The standard InChI is InChI=1S/C16H28N2S/c1-11-10-19-15(18-11)9-14(17)12-5-7-13(8-6-12)16(2,3)4/h10,12-14H,5-9,17H2,1-4H3. The van der Waals surface area contributed by atoms with E-state index in [1.54, 1.807) is 11.3 Å². The maximum Gasteiger partial charge on any atom is 0.0943 e. The van der Waals surface area contributed by atoms with Gasteiger partial charge in [0.2, 0.25) is 0 Å². The van der Waals surface area contributed by atoms with Crippen LogP contribution in [0.4, 0.5) is 0 Å². The Morgan fingerprint density at radius 3 is 2.42 bits per heavy atom. The average molecular weight is 280 g/mol. The van der Waals surface area contributed by atoms with E-state index in [1.165, 1.54) is 30.7 Å². The summed E-state index contributed by atoms with van der Waals surface area (Å²) < 4.78 is 0. The third-order valence-electron chi connectivity index (χ3n) is 4.68. The van der Waals surface area contributed by atoms with Crippen molar-refractivity contribution in [1.82, 2.24) is 4.98 Å². The molecule has 1 unspecified atom stereocenters. The van der Waals surface area contributed by atoms with E-state index in [2.05, 4.69) is 38.1 Å². The van der Waals surface area contributed by atoms with Crippen molar-refractivity contribution in [3.63, 3.8) is 0 Å². The number of hydrogen-bond donors (Lipinski definition) is 1. The molecule has 0 aliphatic heterocycles. The van der Waals surface area contributed by atoms with E-state index < -0.39 is 0 Å². The Bertz CT molecular complexity index is 397. The van der Waals surface area contributed by atoms with Crippen LogP contribution in [0.2, 0.25) is 0 Å². The van der Waals surface area contributed by atoms with E-state index in [-0.39, 0.29) is 0 Å². The molecule has 0 saturated heterocycles. The summed E-state index contributed by atoms with van der Waals surface area (Å²) in [5.41, 5.74) is 8.00. The summed E-state index contributed by atoms with van der Waals surface area (Å²) in [7, 11) is 0. The van der Waals surface area contributed by atoms with Crippen LogP contribution in [-0.2, 0) is 6.42 Å². The van der Waals surface area contributed by atoms with Crippen molar-refractivity contribution in [1.29, 1.82) is 0 Å². The van der Waals surface area contributed by atoms with Crippen molar-refractivity contribution in [3.05, 3.63) is 16.1 Å². The van der Waals surface area contributed by atoms with Gasteiger partial charge in [-0.05, 0) is 49.9 Å². The molecule has 108 valence electrons. The highest BCUT2D eigenvalue weighted by atomic mass is 32.1. The van der Waals surface area contributed by atoms with Crippen molar-refractivity contribution >= 4 is 11.3 Å². The summed E-state index contributed by atoms with van der Waals surface area (Å²) in [6, 6.07) is 0.298. The fourth-order valence-corrected chi connectivity index (χ4v) is 4.12. The Labute approximate surface area is 121 Å². The largest absolute Gasteiger partial charge is 0.327 e. The molecule has 1 fully saturated rings. The van der Waals surface area contributed by atoms with Crippen LogP contribution < -0.4 is 5.73 Å². The smallest absolute Gasteiger partial charge is 0.0943 e. The first-order valence-corrected chi connectivity index (χ1v) is 8.41. The molecule has 2 rings (SSSR count). The van der Waals surface area contributed by atoms with Gasteiger partial charge < -0.3 is 5.73 Å². The van der Waals surface area contributed by atoms with Gasteiger partial charge in [-0.15, -0.1) is 11.3 Å². The number of hydrogen-bond acceptors (Lipinski definition) is 3. The van der Waals surface area contributed by atoms with Crippen molar-refractivity contribution in [2.24, 2.45) is 23.0 Å². The van der Waals surface area contributed by atoms with Crippen molar-refractivity contribution in [2.45, 2.75) is 65.8 Å². The zero-order valence-corrected chi connectivity index (χ0v) is 13.6. The topological polar surface area (TPSA) is 38.9 Å². The average Bonchev–Trinajstić information content (AvgIpc) is 2.74. The van der Waals surface area contributed by atoms with Gasteiger partial charge in [0.05, 0.1) is 5.01 Å². The summed E-state index contributed by atoms with van der Waals surface area (Å²) in [4.78, 5) is 4.54. The van der Waals surface area contributed by atoms with Crippen molar-refractivity contribution in [3.8, 4) is 0 Å². The molecule has 1 aromatic rings. The van der Waals surface area contributed by atoms with Crippen LogP contribution in [0, 0.1) is 24.2 Å². The lowest BCUT2D eigenvalue weighted by Crippen LogP contribution is -2.36. The van der Waals surface area contributed by atoms with E-state index >= 15 is 0 Å². The predicted molar refractivity (Wildman–Crippen MR) is 83.4 cm³/mol. The van der Waals surface area contributed by atoms with Gasteiger partial charge in [0, 0.05) is 23.5 Å². The van der Waals surface area contributed by atoms with Crippen LogP contribution in [0.3, 0.4) is 0 Å². The molecule has 1 aromatic heterocycles. The van der Waals surface area contributed by atoms with E-state index in [0.29, 0.717) is 17.4 Å². The number of aryl methyl sites for hydroxylation is 1. The summed E-state index contributed by atoms with van der Waals surface area (Å²) in [5.74, 6) is 1.57. The SMILES string of the molecule is Cc1csc(CC(N)C2CCC(C(C)(C)C)CC2)n1. The molecule has 19 heavy (non-hydrogen) atoms. The summed E-state index contributed by atoms with van der Waals surface area (Å²) in [6.45, 7) is 9.17. The Morgan fingerprint density at radius 1 is 1.32 bits per heavy atom. The highest BCUT2D eigenvalue weighted by Gasteiger charge is 2.31. The molecule has 1 aliphatic rings. The molecular weight excluding hydrogens is 252 g/mol. The first-order valence-electron chi connectivity index (χ1n) is 7.53. The van der Waals surface area contributed by atoms with Gasteiger partial charge >= 0.3 is 0 Å². The molecule has 2 nitrogen and oxygen atoms in total. The van der Waals surface area contributed by atoms with Gasteiger partial charge in [0.1, 0.15) is 0 Å². The zero-order chi connectivity index (χ0) is 14.0. The van der Waals surface area contributed by atoms with Crippen LogP contribution in [0.25, 0.3) is 0 Å². The molecule has 3 heteroatoms. The lowest BCUT2D eigenvalue weighted by molar-refractivity contribution is 0.139. The molecule has 0 spiro atoms. The Kier molecular flexibility index (Phi) is 4.67. The summed E-state index contributed by atoms with van der Waals surface area (Å²) in [5, 5.41) is 3.33. The summed E-state index contributed by atoms with van der Waals surface area (Å²) >= 11 is 1.76. The van der Waals surface area contributed by atoms with Crippen LogP contribution in [0.15, 0.2) is 5.38 Å². The molecule has 1 heterocycles. The molecular formula is C16H28N2S. The second-order valence-corrected chi connectivity index (χ2v) is 8.17. The minimum atomic E-state index is 0.298. The second kappa shape index (κ2) is 5.92. The third kappa shape index (κ3) is 4.03. The van der Waals surface area contributed by atoms with Crippen molar-refractivity contribution < 1.29 is 0 Å². The highest BCUT2D eigenvalue weighted by molar-refractivity contribution is 7.09. The Balaban J connectivity index is 1.84. The van der Waals surface area contributed by atoms with Crippen LogP contribution in [0.1, 0.15) is 57.2 Å². The van der Waals surface area contributed by atoms with Gasteiger partial charge in [0.15, 0.2) is 0 Å². The lowest BCUT2D eigenvalue weighted by atomic mass is 9.68. The molecule has 0 amide bonds. The molecule has 2 N–H and O–H groups in total. The number of nitrogens with two attached hydrogens (primary N) is 1.